The van der Waals surface area contributed by atoms with Gasteiger partial charge in [-0.15, -0.1) is 0 Å². The number of hydrogen-bond donors (Lipinski definition) is 0. The highest BCUT2D eigenvalue weighted by Crippen LogP contribution is 2.53. The Kier molecular flexibility index (Phi) is 5.52. The quantitative estimate of drug-likeness (QED) is 0.167. The smallest absolute Gasteiger partial charge is 0.0628 e. The maximum Gasteiger partial charge on any atom is 0.0628 e. The summed E-state index contributed by atoms with van der Waals surface area (Å²) in [5.41, 5.74) is 17.7. The van der Waals surface area contributed by atoms with Gasteiger partial charge in [-0.1, -0.05) is 109 Å². The first-order chi connectivity index (χ1) is 29.7. The molecule has 0 spiro atoms. The number of hydrogen-bond acceptors (Lipinski definition) is 0. The van der Waals surface area contributed by atoms with Crippen LogP contribution < -0.4 is 0 Å². The van der Waals surface area contributed by atoms with Gasteiger partial charge in [0.25, 0.3) is 0 Å². The summed E-state index contributed by atoms with van der Waals surface area (Å²) in [6.45, 7) is 4.81. The molecule has 0 N–H and O–H groups in total. The van der Waals surface area contributed by atoms with Gasteiger partial charge in [0.2, 0.25) is 0 Å². The average molecular weight is 763 g/mol. The molecule has 0 unspecified atom stereocenters. The van der Waals surface area contributed by atoms with Gasteiger partial charge in [0.1, 0.15) is 0 Å². The minimum Gasteiger partial charge on any atom is -0.309 e. The SMILES string of the molecule is Cc1c2c3c4c5ccccc5n(-c5ccccc5)c4cc4c5ccccc5n(c2c(C)c2c5c6c7ccccc7n(-c7ccccc7)c6cc6c7ccccc7n(c12)c65)c43. The molecule has 0 aliphatic rings. The maximum atomic E-state index is 2.63. The van der Waals surface area contributed by atoms with E-state index in [4.69, 9.17) is 0 Å². The van der Waals surface area contributed by atoms with Crippen molar-refractivity contribution in [2.75, 3.05) is 0 Å². The Balaban J connectivity index is 1.27. The fourth-order valence-electron chi connectivity index (χ4n) is 11.9. The molecule has 15 aromatic rings. The van der Waals surface area contributed by atoms with E-state index in [1.807, 2.05) is 0 Å². The molecule has 15 rings (SSSR count). The topological polar surface area (TPSA) is 18.7 Å². The minimum absolute atomic E-state index is 1.18. The summed E-state index contributed by atoms with van der Waals surface area (Å²) in [6, 6.07) is 62.9. The van der Waals surface area contributed by atoms with Crippen LogP contribution in [0.25, 0.3) is 131 Å². The van der Waals surface area contributed by atoms with Crippen LogP contribution >= 0.6 is 0 Å². The summed E-state index contributed by atoms with van der Waals surface area (Å²) in [5, 5.41) is 15.8. The van der Waals surface area contributed by atoms with E-state index in [1.165, 1.54) is 142 Å². The number of fused-ring (bicyclic) bond motifs is 20. The standard InChI is InChI=1S/C56H34N4/c1-31-47-51-49-37-23-11-15-27-43(37)57(33-17-5-3-6-18-33)45(49)29-39-36-22-10-14-26-42(36)60(55(39)51)54(47)32(2)48-52-50-38-24-12-16-28-44(38)58(34-19-7-4-8-20-34)46(50)30-40-35-21-9-13-25-41(35)59(53(31)48)56(40)52/h3-30H,1-2H3. The average Bonchev–Trinajstić information content (AvgIpc) is 4.13. The van der Waals surface area contributed by atoms with Crippen molar-refractivity contribution in [1.82, 2.24) is 17.9 Å². The fraction of sp³-hybridized carbons (Fsp3) is 0.0357. The van der Waals surface area contributed by atoms with E-state index in [9.17, 15) is 0 Å². The largest absolute Gasteiger partial charge is 0.309 e. The zero-order valence-electron chi connectivity index (χ0n) is 33.0. The number of aromatic nitrogens is 4. The highest BCUT2D eigenvalue weighted by molar-refractivity contribution is 6.41. The Morgan fingerprint density at radius 1 is 0.267 bits per heavy atom. The summed E-state index contributed by atoms with van der Waals surface area (Å²) in [6.07, 6.45) is 0. The van der Waals surface area contributed by atoms with E-state index in [-0.39, 0.29) is 0 Å². The van der Waals surface area contributed by atoms with Gasteiger partial charge in [-0.3, -0.25) is 0 Å². The summed E-state index contributed by atoms with van der Waals surface area (Å²) in [4.78, 5) is 0. The molecule has 4 nitrogen and oxygen atoms in total. The molecule has 0 radical (unpaired) electrons. The Morgan fingerprint density at radius 3 is 1.03 bits per heavy atom. The first-order valence-electron chi connectivity index (χ1n) is 21.0. The van der Waals surface area contributed by atoms with Gasteiger partial charge < -0.3 is 17.9 Å². The lowest BCUT2D eigenvalue weighted by Crippen LogP contribution is -1.93. The molecule has 0 atom stereocenters. The molecule has 0 saturated carbocycles. The molecule has 0 bridgehead atoms. The summed E-state index contributed by atoms with van der Waals surface area (Å²) in [7, 11) is 0. The van der Waals surface area contributed by atoms with Crippen molar-refractivity contribution in [3.8, 4) is 11.4 Å². The highest BCUT2D eigenvalue weighted by atomic mass is 15.0. The zero-order chi connectivity index (χ0) is 39.1. The zero-order valence-corrected chi connectivity index (χ0v) is 33.0. The summed E-state index contributed by atoms with van der Waals surface area (Å²) in [5.74, 6) is 0. The number of benzene rings is 9. The maximum absolute atomic E-state index is 2.63. The van der Waals surface area contributed by atoms with E-state index < -0.39 is 0 Å². The summed E-state index contributed by atoms with van der Waals surface area (Å²) < 4.78 is 10.2. The number of aryl methyl sites for hydroxylation is 2. The first kappa shape index (κ1) is 31.2. The molecule has 0 aliphatic carbocycles. The van der Waals surface area contributed by atoms with Crippen molar-refractivity contribution in [3.05, 3.63) is 181 Å². The van der Waals surface area contributed by atoms with Crippen LogP contribution in [0.2, 0.25) is 0 Å². The minimum atomic E-state index is 1.18. The molecule has 4 heteroatoms. The van der Waals surface area contributed by atoms with Crippen LogP contribution in [-0.2, 0) is 0 Å². The van der Waals surface area contributed by atoms with E-state index in [1.54, 1.807) is 0 Å². The van der Waals surface area contributed by atoms with Crippen LogP contribution in [0.4, 0.5) is 0 Å². The first-order valence-corrected chi connectivity index (χ1v) is 21.0. The number of rotatable bonds is 2. The second-order valence-corrected chi connectivity index (χ2v) is 16.9. The van der Waals surface area contributed by atoms with Crippen LogP contribution in [0.3, 0.4) is 0 Å². The molecule has 6 aromatic heterocycles. The Labute approximate surface area is 342 Å². The van der Waals surface area contributed by atoms with Crippen LogP contribution in [0, 0.1) is 13.8 Å². The van der Waals surface area contributed by atoms with Crippen molar-refractivity contribution in [1.29, 1.82) is 0 Å². The van der Waals surface area contributed by atoms with Crippen molar-refractivity contribution in [3.63, 3.8) is 0 Å². The van der Waals surface area contributed by atoms with Gasteiger partial charge in [-0.2, -0.15) is 0 Å². The van der Waals surface area contributed by atoms with Crippen molar-refractivity contribution in [2.45, 2.75) is 13.8 Å². The fourth-order valence-corrected chi connectivity index (χ4v) is 11.9. The van der Waals surface area contributed by atoms with Crippen LogP contribution in [0.5, 0.6) is 0 Å². The predicted octanol–water partition coefficient (Wildman–Crippen LogP) is 14.8. The second-order valence-electron chi connectivity index (χ2n) is 16.9. The van der Waals surface area contributed by atoms with Crippen LogP contribution in [0.1, 0.15) is 11.1 Å². The summed E-state index contributed by atoms with van der Waals surface area (Å²) >= 11 is 0. The van der Waals surface area contributed by atoms with Gasteiger partial charge in [0, 0.05) is 76.0 Å². The molecule has 0 saturated heterocycles. The van der Waals surface area contributed by atoms with Gasteiger partial charge in [-0.05, 0) is 85.6 Å². The molecule has 0 amide bonds. The van der Waals surface area contributed by atoms with Gasteiger partial charge in [0.15, 0.2) is 0 Å². The number of nitrogens with zero attached hydrogens (tertiary/aromatic N) is 4. The van der Waals surface area contributed by atoms with Crippen LogP contribution in [-0.4, -0.2) is 17.9 Å². The molecule has 9 aromatic carbocycles. The van der Waals surface area contributed by atoms with E-state index in [0.717, 1.165) is 0 Å². The second kappa shape index (κ2) is 10.6. The normalized spacial score (nSPS) is 12.8. The molecule has 60 heavy (non-hydrogen) atoms. The van der Waals surface area contributed by atoms with Gasteiger partial charge >= 0.3 is 0 Å². The number of para-hydroxylation sites is 6. The van der Waals surface area contributed by atoms with Crippen LogP contribution in [0.15, 0.2) is 170 Å². The van der Waals surface area contributed by atoms with E-state index in [2.05, 4.69) is 202 Å². The third-order valence-electron chi connectivity index (χ3n) is 14.1. The van der Waals surface area contributed by atoms with Crippen molar-refractivity contribution < 1.29 is 0 Å². The molecule has 0 fully saturated rings. The molecular weight excluding hydrogens is 729 g/mol. The van der Waals surface area contributed by atoms with Gasteiger partial charge in [0.05, 0.1) is 55.2 Å². The Morgan fingerprint density at radius 2 is 0.617 bits per heavy atom. The van der Waals surface area contributed by atoms with E-state index >= 15 is 0 Å². The Hall–Kier alpha value is -7.82. The van der Waals surface area contributed by atoms with Crippen molar-refractivity contribution >= 4 is 120 Å². The lowest BCUT2D eigenvalue weighted by atomic mass is 9.94. The lowest BCUT2D eigenvalue weighted by Gasteiger charge is -2.11. The third kappa shape index (κ3) is 3.43. The van der Waals surface area contributed by atoms with Crippen molar-refractivity contribution in [2.24, 2.45) is 0 Å². The Bertz CT molecular complexity index is 4060. The predicted molar refractivity (Wildman–Crippen MR) is 254 cm³/mol. The monoisotopic (exact) mass is 762 g/mol. The molecule has 278 valence electrons. The lowest BCUT2D eigenvalue weighted by molar-refractivity contribution is 1.18. The molecular formula is C56H34N4. The third-order valence-corrected chi connectivity index (χ3v) is 14.1. The van der Waals surface area contributed by atoms with E-state index in [0.29, 0.717) is 0 Å². The molecule has 6 heterocycles. The molecule has 0 aliphatic heterocycles. The highest BCUT2D eigenvalue weighted by Gasteiger charge is 2.31. The van der Waals surface area contributed by atoms with Gasteiger partial charge in [-0.25, -0.2) is 0 Å².